The number of aliphatic carboxylic acids is 4. The first-order valence-corrected chi connectivity index (χ1v) is 5.84. The van der Waals surface area contributed by atoms with Crippen LogP contribution in [0.4, 0.5) is 0 Å². The zero-order chi connectivity index (χ0) is 17.6. The summed E-state index contributed by atoms with van der Waals surface area (Å²) in [6.07, 6.45) is -0.532. The maximum atomic E-state index is 9.85. The number of carboxylic acid groups (broad SMARTS) is 4. The average Bonchev–Trinajstić information content (AvgIpc) is 2.38. The Hall–Kier alpha value is -1.89. The van der Waals surface area contributed by atoms with E-state index in [2.05, 4.69) is 18.4 Å². The lowest BCUT2D eigenvalue weighted by Crippen LogP contribution is -2.32. The first kappa shape index (κ1) is 24.1. The van der Waals surface area contributed by atoms with Gasteiger partial charge < -0.3 is 37.6 Å². The molecule has 0 aromatic carbocycles. The van der Waals surface area contributed by atoms with Gasteiger partial charge in [-0.15, -0.1) is 0 Å². The minimum Gasteiger partial charge on any atom is -0.481 e. The van der Waals surface area contributed by atoms with Crippen molar-refractivity contribution < 1.29 is 39.6 Å². The molecule has 12 heteroatoms. The highest BCUT2D eigenvalue weighted by Crippen LogP contribution is 1.86. The number of thiol groups is 1. The fraction of sp³-hybridized carbons (Fsp3) is 0.556. The maximum Gasteiger partial charge on any atom is 0.321 e. The van der Waals surface area contributed by atoms with Crippen LogP contribution in [0.5, 0.6) is 0 Å². The highest BCUT2D eigenvalue weighted by molar-refractivity contribution is 7.80. The third-order valence-corrected chi connectivity index (χ3v) is 1.79. The number of hydrogen-bond acceptors (Lipinski definition) is 8. The van der Waals surface area contributed by atoms with E-state index in [0.29, 0.717) is 0 Å². The predicted molar refractivity (Wildman–Crippen MR) is 74.0 cm³/mol. The second kappa shape index (κ2) is 14.5. The summed E-state index contributed by atoms with van der Waals surface area (Å²) in [6.45, 7) is -0.278. The Morgan fingerprint density at radius 2 is 1.19 bits per heavy atom. The van der Waals surface area contributed by atoms with Gasteiger partial charge in [-0.1, -0.05) is 0 Å². The number of rotatable bonds is 6. The van der Waals surface area contributed by atoms with E-state index in [-0.39, 0.29) is 12.3 Å². The predicted octanol–water partition coefficient (Wildman–Crippen LogP) is -2.77. The van der Waals surface area contributed by atoms with Crippen LogP contribution in [0, 0.1) is 0 Å². The molecule has 11 nitrogen and oxygen atoms in total. The van der Waals surface area contributed by atoms with Gasteiger partial charge in [0.25, 0.3) is 0 Å². The molecule has 2 atom stereocenters. The average molecular weight is 329 g/mol. The second-order valence-electron chi connectivity index (χ2n) is 3.27. The summed E-state index contributed by atoms with van der Waals surface area (Å²) in [6, 6.07) is -2.11. The Bertz CT molecular complexity index is 352. The summed E-state index contributed by atoms with van der Waals surface area (Å²) in [5.74, 6) is -4.28. The summed E-state index contributed by atoms with van der Waals surface area (Å²) in [5.41, 5.74) is 14.3. The second-order valence-corrected chi connectivity index (χ2v) is 3.63. The molecule has 0 radical (unpaired) electrons. The third kappa shape index (κ3) is 23.6. The monoisotopic (exact) mass is 329 g/mol. The zero-order valence-electron chi connectivity index (χ0n) is 10.9. The largest absolute Gasteiger partial charge is 0.481 e. The molecule has 0 saturated heterocycles. The highest BCUT2D eigenvalue weighted by Gasteiger charge is 2.14. The molecule has 0 spiro atoms. The van der Waals surface area contributed by atoms with Crippen LogP contribution in [0.25, 0.3) is 0 Å². The maximum absolute atomic E-state index is 9.85. The molecule has 0 aliphatic rings. The van der Waals surface area contributed by atoms with E-state index in [9.17, 15) is 19.2 Å². The number of nitrogens with two attached hydrogens (primary N) is 3. The van der Waals surface area contributed by atoms with Crippen molar-refractivity contribution in [3.63, 3.8) is 0 Å². The van der Waals surface area contributed by atoms with Gasteiger partial charge >= 0.3 is 23.9 Å². The van der Waals surface area contributed by atoms with Gasteiger partial charge in [-0.05, 0) is 0 Å². The molecule has 0 bridgehead atoms. The number of hydrogen-bond donors (Lipinski definition) is 8. The first-order valence-electron chi connectivity index (χ1n) is 5.20. The van der Waals surface area contributed by atoms with Crippen molar-refractivity contribution in [1.29, 1.82) is 0 Å². The molecule has 21 heavy (non-hydrogen) atoms. The third-order valence-electron chi connectivity index (χ3n) is 1.40. The highest BCUT2D eigenvalue weighted by atomic mass is 32.1. The van der Waals surface area contributed by atoms with Gasteiger partial charge in [-0.3, -0.25) is 19.2 Å². The molecular weight excluding hydrogens is 310 g/mol. The molecule has 0 aliphatic carbocycles. The standard InChI is InChI=1S/C4H7NO4.C3H7NO2S.C2H5NO2/c5-2(4(8)9)1-3(6)7;4-2(1-7)3(5)6;3-1-2(4)5/h2H,1,5H2,(H,6,7)(H,8,9);2,7H,1,4H2,(H,5,6);1,3H2,(H,4,5)/t2*2-;/m00./s1. The van der Waals surface area contributed by atoms with Gasteiger partial charge in [0.05, 0.1) is 13.0 Å². The van der Waals surface area contributed by atoms with Crippen LogP contribution >= 0.6 is 12.6 Å². The SMILES string of the molecule is NCC(=O)O.N[C@@H](CC(=O)O)C(=O)O.N[C@@H](CS)C(=O)O. The topological polar surface area (TPSA) is 227 Å². The van der Waals surface area contributed by atoms with E-state index in [1.807, 2.05) is 0 Å². The van der Waals surface area contributed by atoms with Crippen molar-refractivity contribution in [2.45, 2.75) is 18.5 Å². The summed E-state index contributed by atoms with van der Waals surface area (Å²) in [4.78, 5) is 38.6. The van der Waals surface area contributed by atoms with E-state index in [4.69, 9.17) is 31.9 Å². The molecule has 0 aromatic rings. The van der Waals surface area contributed by atoms with Crippen LogP contribution < -0.4 is 17.2 Å². The summed E-state index contributed by atoms with van der Waals surface area (Å²) in [7, 11) is 0. The normalized spacial score (nSPS) is 11.6. The fourth-order valence-corrected chi connectivity index (χ4v) is 0.510. The van der Waals surface area contributed by atoms with Crippen molar-refractivity contribution in [3.8, 4) is 0 Å². The van der Waals surface area contributed by atoms with E-state index in [1.165, 1.54) is 0 Å². The van der Waals surface area contributed by atoms with Crippen LogP contribution in [0.1, 0.15) is 6.42 Å². The van der Waals surface area contributed by atoms with Gasteiger partial charge in [0.15, 0.2) is 0 Å². The summed E-state index contributed by atoms with van der Waals surface area (Å²) >= 11 is 3.65. The quantitative estimate of drug-likeness (QED) is 0.232. The zero-order valence-corrected chi connectivity index (χ0v) is 11.8. The Labute approximate surface area is 125 Å². The number of carbonyl (C=O) groups is 4. The van der Waals surface area contributed by atoms with Crippen LogP contribution in [-0.4, -0.2) is 68.7 Å². The van der Waals surface area contributed by atoms with Gasteiger partial charge in [0, 0.05) is 5.75 Å². The Morgan fingerprint density at radius 1 is 0.857 bits per heavy atom. The Balaban J connectivity index is -0.000000242. The summed E-state index contributed by atoms with van der Waals surface area (Å²) in [5, 5.41) is 31.6. The fourth-order valence-electron chi connectivity index (χ4n) is 0.354. The molecule has 0 saturated carbocycles. The van der Waals surface area contributed by atoms with Crippen molar-refractivity contribution in [2.24, 2.45) is 17.2 Å². The van der Waals surface area contributed by atoms with Gasteiger partial charge in [-0.25, -0.2) is 0 Å². The van der Waals surface area contributed by atoms with Crippen LogP contribution in [0.2, 0.25) is 0 Å². The molecule has 10 N–H and O–H groups in total. The molecule has 124 valence electrons. The van der Waals surface area contributed by atoms with Crippen LogP contribution in [0.3, 0.4) is 0 Å². The van der Waals surface area contributed by atoms with E-state index in [1.54, 1.807) is 0 Å². The minimum absolute atomic E-state index is 0.190. The van der Waals surface area contributed by atoms with E-state index < -0.39 is 42.4 Å². The molecule has 0 rings (SSSR count). The molecule has 0 aromatic heterocycles. The van der Waals surface area contributed by atoms with E-state index in [0.717, 1.165) is 0 Å². The lowest BCUT2D eigenvalue weighted by Gasteiger charge is -1.99. The molecular formula is C9H19N3O8S. The smallest absolute Gasteiger partial charge is 0.321 e. The number of carboxylic acids is 4. The Kier molecular flexibility index (Phi) is 16.7. The summed E-state index contributed by atoms with van der Waals surface area (Å²) < 4.78 is 0. The minimum atomic E-state index is -1.29. The van der Waals surface area contributed by atoms with Crippen molar-refractivity contribution in [1.82, 2.24) is 0 Å². The van der Waals surface area contributed by atoms with Gasteiger partial charge in [0.2, 0.25) is 0 Å². The molecule has 0 fully saturated rings. The van der Waals surface area contributed by atoms with E-state index >= 15 is 0 Å². The van der Waals surface area contributed by atoms with Crippen molar-refractivity contribution in [3.05, 3.63) is 0 Å². The first-order chi connectivity index (χ1) is 9.49. The van der Waals surface area contributed by atoms with Crippen molar-refractivity contribution in [2.75, 3.05) is 12.3 Å². The van der Waals surface area contributed by atoms with Crippen LogP contribution in [-0.2, 0) is 19.2 Å². The van der Waals surface area contributed by atoms with Crippen LogP contribution in [0.15, 0.2) is 0 Å². The van der Waals surface area contributed by atoms with Crippen molar-refractivity contribution >= 4 is 36.5 Å². The molecule has 0 aliphatic heterocycles. The molecule has 0 heterocycles. The molecule has 0 amide bonds. The molecule has 0 unspecified atom stereocenters. The van der Waals surface area contributed by atoms with Gasteiger partial charge in [0.1, 0.15) is 12.1 Å². The van der Waals surface area contributed by atoms with Gasteiger partial charge in [-0.2, -0.15) is 12.6 Å². The lowest BCUT2D eigenvalue weighted by molar-refractivity contribution is -0.144. The Morgan fingerprint density at radius 3 is 1.24 bits per heavy atom. The lowest BCUT2D eigenvalue weighted by atomic mass is 10.2.